The molecule has 4 aromatic rings. The van der Waals surface area contributed by atoms with Crippen LogP contribution in [0.5, 0.6) is 5.88 Å². The molecule has 1 aliphatic heterocycles. The number of ether oxygens (including phenoxy) is 2. The van der Waals surface area contributed by atoms with Crippen LogP contribution in [0.15, 0.2) is 71.7 Å². The molecule has 1 amide bonds. The van der Waals surface area contributed by atoms with E-state index in [0.29, 0.717) is 37.1 Å². The van der Waals surface area contributed by atoms with Crippen LogP contribution in [0.4, 0.5) is 4.79 Å². The number of H-pyrrole nitrogens is 1. The van der Waals surface area contributed by atoms with Gasteiger partial charge in [0, 0.05) is 48.4 Å². The number of benzene rings is 2. The number of pyridine rings is 1. The highest BCUT2D eigenvalue weighted by Gasteiger charge is 2.28. The Bertz CT molecular complexity index is 1490. The highest BCUT2D eigenvalue weighted by atomic mass is 16.6. The first-order valence-corrected chi connectivity index (χ1v) is 13.2. The third-order valence-corrected chi connectivity index (χ3v) is 7.04. The van der Waals surface area contributed by atoms with Gasteiger partial charge < -0.3 is 18.9 Å². The number of amides is 1. The average molecular weight is 514 g/mol. The van der Waals surface area contributed by atoms with E-state index in [1.54, 1.807) is 4.90 Å². The van der Waals surface area contributed by atoms with Crippen molar-refractivity contribution in [3.05, 3.63) is 88.3 Å². The number of nitrogens with one attached hydrogen (secondary N) is 1. The molecule has 1 aliphatic rings. The van der Waals surface area contributed by atoms with E-state index < -0.39 is 5.60 Å². The van der Waals surface area contributed by atoms with Gasteiger partial charge in [0.05, 0.1) is 0 Å². The number of carbonyl (C=O) groups is 1. The zero-order valence-corrected chi connectivity index (χ0v) is 22.5. The molecule has 0 aliphatic carbocycles. The predicted molar refractivity (Wildman–Crippen MR) is 150 cm³/mol. The molecular weight excluding hydrogens is 478 g/mol. The lowest BCUT2D eigenvalue weighted by Gasteiger charge is -2.33. The first-order chi connectivity index (χ1) is 18.2. The van der Waals surface area contributed by atoms with E-state index in [4.69, 9.17) is 9.47 Å². The molecule has 1 fully saturated rings. The Labute approximate surface area is 223 Å². The van der Waals surface area contributed by atoms with Crippen LogP contribution in [0.2, 0.25) is 0 Å². The summed E-state index contributed by atoms with van der Waals surface area (Å²) in [4.78, 5) is 30.1. The Hall–Kier alpha value is -4.00. The Balaban J connectivity index is 1.31. The minimum Gasteiger partial charge on any atom is -0.474 e. The number of rotatable bonds is 5. The second-order valence-electron chi connectivity index (χ2n) is 11.0. The smallest absolute Gasteiger partial charge is 0.410 e. The lowest BCUT2D eigenvalue weighted by molar-refractivity contribution is 0.0205. The van der Waals surface area contributed by atoms with E-state index in [0.717, 1.165) is 34.9 Å². The second kappa shape index (κ2) is 10.4. The molecular formula is C31H35N3O4. The van der Waals surface area contributed by atoms with Crippen LogP contribution in [0.1, 0.15) is 50.7 Å². The molecule has 0 saturated carbocycles. The minimum absolute atomic E-state index is 0.179. The van der Waals surface area contributed by atoms with E-state index in [-0.39, 0.29) is 11.7 Å². The van der Waals surface area contributed by atoms with Crippen LogP contribution in [0.25, 0.3) is 22.0 Å². The first-order valence-electron chi connectivity index (χ1n) is 13.2. The van der Waals surface area contributed by atoms with E-state index in [1.165, 1.54) is 5.56 Å². The molecule has 0 atom stereocenters. The van der Waals surface area contributed by atoms with Gasteiger partial charge in [0.15, 0.2) is 5.88 Å². The lowest BCUT2D eigenvalue weighted by atomic mass is 9.89. The molecule has 3 heterocycles. The molecule has 1 saturated heterocycles. The topological polar surface area (TPSA) is 76.6 Å². The monoisotopic (exact) mass is 513 g/mol. The van der Waals surface area contributed by atoms with Crippen molar-refractivity contribution in [3.63, 3.8) is 0 Å². The van der Waals surface area contributed by atoms with Crippen molar-refractivity contribution >= 4 is 17.0 Å². The molecule has 7 heteroatoms. The third kappa shape index (κ3) is 5.62. The van der Waals surface area contributed by atoms with Gasteiger partial charge in [-0.15, -0.1) is 0 Å². The standard InChI is InChI=1S/C31H35N3O4/c1-31(2,3)38-30(36)34-16-14-22(15-17-34)23-10-11-24-26(19-33(4)27(24)18-23)25-12-13-28(32-29(25)35)37-20-21-8-6-5-7-9-21/h5-13,18-19,22H,14-17,20H2,1-4H3,(H,32,35). The summed E-state index contributed by atoms with van der Waals surface area (Å²) in [5.74, 6) is 0.823. The molecule has 0 unspecified atom stereocenters. The van der Waals surface area contributed by atoms with Crippen molar-refractivity contribution in [1.29, 1.82) is 0 Å². The van der Waals surface area contributed by atoms with E-state index in [1.807, 2.05) is 76.5 Å². The summed E-state index contributed by atoms with van der Waals surface area (Å²) < 4.78 is 13.4. The van der Waals surface area contributed by atoms with E-state index >= 15 is 0 Å². The Morgan fingerprint density at radius 2 is 1.74 bits per heavy atom. The number of piperidine rings is 1. The summed E-state index contributed by atoms with van der Waals surface area (Å²) in [6.07, 6.45) is 3.56. The fraction of sp³-hybridized carbons (Fsp3) is 0.355. The van der Waals surface area contributed by atoms with E-state index in [2.05, 4.69) is 27.8 Å². The van der Waals surface area contributed by atoms with Crippen molar-refractivity contribution in [3.8, 4) is 17.0 Å². The first kappa shape index (κ1) is 25.6. The molecule has 0 bridgehead atoms. The van der Waals surface area contributed by atoms with Crippen LogP contribution in [-0.2, 0) is 18.4 Å². The second-order valence-corrected chi connectivity index (χ2v) is 11.0. The minimum atomic E-state index is -0.486. The third-order valence-electron chi connectivity index (χ3n) is 7.04. The number of likely N-dealkylation sites (tertiary alicyclic amines) is 1. The molecule has 5 rings (SSSR count). The van der Waals surface area contributed by atoms with Gasteiger partial charge >= 0.3 is 6.09 Å². The van der Waals surface area contributed by atoms with Crippen LogP contribution in [-0.4, -0.2) is 39.2 Å². The summed E-state index contributed by atoms with van der Waals surface area (Å²) >= 11 is 0. The van der Waals surface area contributed by atoms with Crippen LogP contribution in [0, 0.1) is 0 Å². The maximum Gasteiger partial charge on any atom is 0.410 e. The van der Waals surface area contributed by atoms with Crippen molar-refractivity contribution in [2.45, 2.75) is 51.7 Å². The highest BCUT2D eigenvalue weighted by Crippen LogP contribution is 2.34. The summed E-state index contributed by atoms with van der Waals surface area (Å²) in [5, 5.41) is 1.03. The highest BCUT2D eigenvalue weighted by molar-refractivity contribution is 5.96. The molecule has 0 radical (unpaired) electrons. The zero-order chi connectivity index (χ0) is 26.9. The van der Waals surface area contributed by atoms with Gasteiger partial charge in [-0.05, 0) is 68.9 Å². The average Bonchev–Trinajstić information content (AvgIpc) is 3.22. The van der Waals surface area contributed by atoms with Gasteiger partial charge in [-0.3, -0.25) is 9.78 Å². The quantitative estimate of drug-likeness (QED) is 0.343. The van der Waals surface area contributed by atoms with Crippen molar-refractivity contribution in [1.82, 2.24) is 14.5 Å². The normalized spacial score (nSPS) is 14.6. The number of aromatic amines is 1. The molecule has 0 spiro atoms. The number of hydrogen-bond acceptors (Lipinski definition) is 4. The Kier molecular flexibility index (Phi) is 7.02. The fourth-order valence-electron chi connectivity index (χ4n) is 5.08. The van der Waals surface area contributed by atoms with Gasteiger partial charge in [-0.1, -0.05) is 42.5 Å². The maximum atomic E-state index is 13.0. The summed E-state index contributed by atoms with van der Waals surface area (Å²) in [5.41, 5.74) is 4.22. The lowest BCUT2D eigenvalue weighted by Crippen LogP contribution is -2.41. The van der Waals surface area contributed by atoms with Gasteiger partial charge in [0.2, 0.25) is 0 Å². The number of hydrogen-bond donors (Lipinski definition) is 1. The van der Waals surface area contributed by atoms with Crippen LogP contribution >= 0.6 is 0 Å². The fourth-order valence-corrected chi connectivity index (χ4v) is 5.08. The van der Waals surface area contributed by atoms with Crippen LogP contribution in [0.3, 0.4) is 0 Å². The summed E-state index contributed by atoms with van der Waals surface area (Å²) in [6, 6.07) is 20.0. The largest absolute Gasteiger partial charge is 0.474 e. The zero-order valence-electron chi connectivity index (χ0n) is 22.5. The number of nitrogens with zero attached hydrogens (tertiary/aromatic N) is 2. The SMILES string of the molecule is Cn1cc(-c2ccc(OCc3ccccc3)[nH]c2=O)c2ccc(C3CCN(C(=O)OC(C)(C)C)CC3)cc21. The Morgan fingerprint density at radius 3 is 2.42 bits per heavy atom. The van der Waals surface area contributed by atoms with Crippen molar-refractivity contribution in [2.24, 2.45) is 7.05 Å². The molecule has 2 aromatic carbocycles. The summed E-state index contributed by atoms with van der Waals surface area (Å²) in [7, 11) is 2.01. The Morgan fingerprint density at radius 1 is 1.00 bits per heavy atom. The summed E-state index contributed by atoms with van der Waals surface area (Å²) in [6.45, 7) is 7.44. The molecule has 198 valence electrons. The number of aryl methyl sites for hydroxylation is 1. The van der Waals surface area contributed by atoms with Crippen molar-refractivity contribution < 1.29 is 14.3 Å². The van der Waals surface area contributed by atoms with Gasteiger partial charge in [-0.2, -0.15) is 0 Å². The maximum absolute atomic E-state index is 13.0. The van der Waals surface area contributed by atoms with Crippen molar-refractivity contribution in [2.75, 3.05) is 13.1 Å². The number of fused-ring (bicyclic) bond motifs is 1. The molecule has 7 nitrogen and oxygen atoms in total. The molecule has 1 N–H and O–H groups in total. The van der Waals surface area contributed by atoms with E-state index in [9.17, 15) is 9.59 Å². The van der Waals surface area contributed by atoms with Crippen LogP contribution < -0.4 is 10.3 Å². The van der Waals surface area contributed by atoms with Gasteiger partial charge in [0.1, 0.15) is 12.2 Å². The molecule has 2 aromatic heterocycles. The van der Waals surface area contributed by atoms with Gasteiger partial charge in [-0.25, -0.2) is 4.79 Å². The molecule has 38 heavy (non-hydrogen) atoms. The van der Waals surface area contributed by atoms with Gasteiger partial charge in [0.25, 0.3) is 5.56 Å². The predicted octanol–water partition coefficient (Wildman–Crippen LogP) is 6.23. The number of carbonyl (C=O) groups excluding carboxylic acids is 1. The number of aromatic nitrogens is 2.